The Labute approximate surface area is 361 Å². The Balaban J connectivity index is 0.000000222. The zero-order valence-electron chi connectivity index (χ0n) is 32.2. The van der Waals surface area contributed by atoms with Crippen molar-refractivity contribution in [3.05, 3.63) is 107 Å². The Bertz CT molecular complexity index is 2640. The minimum absolute atomic E-state index is 0.0610. The van der Waals surface area contributed by atoms with Gasteiger partial charge in [0.2, 0.25) is 10.6 Å². The molecule has 4 N–H and O–H groups in total. The van der Waals surface area contributed by atoms with Crippen LogP contribution < -0.4 is 46.4 Å². The number of hydrogen-bond donors (Lipinski definition) is 3. The van der Waals surface area contributed by atoms with Crippen molar-refractivity contribution < 1.29 is 28.5 Å². The van der Waals surface area contributed by atoms with Gasteiger partial charge >= 0.3 is 0 Å². The summed E-state index contributed by atoms with van der Waals surface area (Å²) >= 11 is 28.3. The zero-order valence-corrected chi connectivity index (χ0v) is 35.9. The van der Waals surface area contributed by atoms with Crippen LogP contribution in [0.4, 0.5) is 5.69 Å². The maximum Gasteiger partial charge on any atom is 0.293 e. The van der Waals surface area contributed by atoms with Gasteiger partial charge in [0.25, 0.3) is 22.9 Å². The fourth-order valence-corrected chi connectivity index (χ4v) is 6.00. The Morgan fingerprint density at radius 2 is 1.15 bits per heavy atom. The molecule has 2 amide bonds. The monoisotopic (exact) mass is 909 g/mol. The number of anilines is 1. The molecule has 0 spiro atoms. The van der Waals surface area contributed by atoms with Crippen molar-refractivity contribution in [3.8, 4) is 23.0 Å². The fourth-order valence-electron chi connectivity index (χ4n) is 5.29. The van der Waals surface area contributed by atoms with Crippen LogP contribution in [-0.4, -0.2) is 82.4 Å². The van der Waals surface area contributed by atoms with Crippen molar-refractivity contribution in [1.29, 1.82) is 0 Å². The van der Waals surface area contributed by atoms with Crippen LogP contribution in [0, 0.1) is 0 Å². The van der Waals surface area contributed by atoms with Crippen molar-refractivity contribution >= 4 is 97.3 Å². The molecule has 2 aromatic carbocycles. The minimum Gasteiger partial charge on any atom is -0.495 e. The summed E-state index contributed by atoms with van der Waals surface area (Å²) < 4.78 is 24.2. The summed E-state index contributed by atoms with van der Waals surface area (Å²) in [5, 5.41) is 7.34. The highest BCUT2D eigenvalue weighted by Gasteiger charge is 2.17. The molecule has 0 radical (unpaired) electrons. The molecule has 6 rings (SSSR count). The maximum atomic E-state index is 12.6. The largest absolute Gasteiger partial charge is 0.495 e. The van der Waals surface area contributed by atoms with E-state index in [4.69, 9.17) is 82.7 Å². The number of rotatable bonds is 10. The molecule has 59 heavy (non-hydrogen) atoms. The van der Waals surface area contributed by atoms with Crippen molar-refractivity contribution in [3.63, 3.8) is 0 Å². The third kappa shape index (κ3) is 11.8. The van der Waals surface area contributed by atoms with Crippen molar-refractivity contribution in [1.82, 2.24) is 39.7 Å². The van der Waals surface area contributed by atoms with E-state index in [9.17, 15) is 19.2 Å². The number of halogens is 5. The van der Waals surface area contributed by atoms with Gasteiger partial charge in [-0.05, 0) is 59.1 Å². The molecule has 4 aromatic heterocycles. The second-order valence-corrected chi connectivity index (χ2v) is 13.8. The number of benzene rings is 2. The number of hydrogen-bond acceptors (Lipinski definition) is 13. The lowest BCUT2D eigenvalue weighted by atomic mass is 10.0. The average molecular weight is 912 g/mol. The number of nitrogen functional groups attached to an aromatic ring is 1. The number of nitrogens with one attached hydrogen (secondary N) is 2. The first-order valence-corrected chi connectivity index (χ1v) is 18.8. The Morgan fingerprint density at radius 3 is 1.63 bits per heavy atom. The third-order valence-corrected chi connectivity index (χ3v) is 9.45. The number of methoxy groups -OCH3 is 2. The number of carbonyl (C=O) groups is 2. The summed E-state index contributed by atoms with van der Waals surface area (Å²) in [4.78, 5) is 62.7. The van der Waals surface area contributed by atoms with Gasteiger partial charge in [0, 0.05) is 57.1 Å². The molecule has 0 bridgehead atoms. The predicted molar refractivity (Wildman–Crippen MR) is 227 cm³/mol. The molecular weight excluding hydrogens is 876 g/mol. The van der Waals surface area contributed by atoms with Crippen LogP contribution in [0.3, 0.4) is 0 Å². The van der Waals surface area contributed by atoms with Gasteiger partial charge in [0.1, 0.15) is 11.5 Å². The molecule has 0 atom stereocenters. The van der Waals surface area contributed by atoms with Gasteiger partial charge in [-0.2, -0.15) is 0 Å². The molecule has 0 saturated heterocycles. The second kappa shape index (κ2) is 20.9. The Morgan fingerprint density at radius 1 is 0.678 bits per heavy atom. The van der Waals surface area contributed by atoms with Crippen LogP contribution in [0.15, 0.2) is 58.4 Å². The summed E-state index contributed by atoms with van der Waals surface area (Å²) in [5.41, 5.74) is 8.20. The average Bonchev–Trinajstić information content (AvgIpc) is 3.21. The van der Waals surface area contributed by atoms with E-state index in [2.05, 4.69) is 30.6 Å². The van der Waals surface area contributed by atoms with E-state index < -0.39 is 0 Å². The molecule has 17 nitrogen and oxygen atoms in total. The summed E-state index contributed by atoms with van der Waals surface area (Å²) in [7, 11) is 9.24. The van der Waals surface area contributed by atoms with Crippen LogP contribution in [0.5, 0.6) is 23.0 Å². The molecule has 0 saturated carbocycles. The molecule has 22 heteroatoms. The van der Waals surface area contributed by atoms with E-state index in [-0.39, 0.29) is 63.4 Å². The lowest BCUT2D eigenvalue weighted by Crippen LogP contribution is -2.27. The standard InChI is InChI=1S/C19H18Cl2N4O4.C14H17N3O4.C4HCl3N2/c1-22-16(26)9-29-15-7-11-4-10(5-13-12(20)8-23-19(21)24-13)6-14(28-3)17(11)25(2)18(15)27;1-16-12(18)7-21-11-5-8-4-9(15)6-10(20-3)13(8)17(2)14(11)19;5-2-1-8-4(7)9-3(2)6/h4,6-8H,5,9H2,1-3H3,(H,22,26);4-6H,7,15H2,1-3H3,(H,16,18);1H. The zero-order chi connectivity index (χ0) is 43.6. The second-order valence-electron chi connectivity index (χ2n) is 12.0. The molecule has 0 aliphatic rings. The number of amides is 2. The van der Waals surface area contributed by atoms with Gasteiger partial charge in [-0.3, -0.25) is 19.2 Å². The van der Waals surface area contributed by atoms with Crippen LogP contribution in [0.2, 0.25) is 25.8 Å². The van der Waals surface area contributed by atoms with Gasteiger partial charge in [-0.25, -0.2) is 19.9 Å². The van der Waals surface area contributed by atoms with Crippen LogP contribution in [-0.2, 0) is 30.1 Å². The van der Waals surface area contributed by atoms with E-state index >= 15 is 0 Å². The van der Waals surface area contributed by atoms with Crippen molar-refractivity contribution in [2.75, 3.05) is 47.3 Å². The van der Waals surface area contributed by atoms with Gasteiger partial charge in [-0.15, -0.1) is 0 Å². The molecule has 0 fully saturated rings. The maximum absolute atomic E-state index is 12.6. The number of ether oxygens (including phenoxy) is 4. The summed E-state index contributed by atoms with van der Waals surface area (Å²) in [5.74, 6) is 0.497. The number of likely N-dealkylation sites (N-methyl/N-ethyl adjacent to an activating group) is 2. The normalized spacial score (nSPS) is 10.5. The molecule has 0 aliphatic carbocycles. The highest BCUT2D eigenvalue weighted by molar-refractivity contribution is 6.41. The summed E-state index contributed by atoms with van der Waals surface area (Å²) in [6.07, 6.45) is 3.17. The van der Waals surface area contributed by atoms with E-state index in [1.165, 1.54) is 49.8 Å². The molecule has 4 heterocycles. The van der Waals surface area contributed by atoms with Crippen LogP contribution >= 0.6 is 58.0 Å². The third-order valence-electron chi connectivity index (χ3n) is 8.11. The summed E-state index contributed by atoms with van der Waals surface area (Å²) in [6, 6.07) is 10.2. The number of nitrogens with two attached hydrogens (primary N) is 1. The van der Waals surface area contributed by atoms with Gasteiger partial charge < -0.3 is 44.4 Å². The number of aryl methyl sites for hydroxylation is 2. The number of carbonyl (C=O) groups excluding carboxylic acids is 2. The molecule has 6 aromatic rings. The number of nitrogens with zero attached hydrogens (tertiary/aromatic N) is 6. The number of aromatic nitrogens is 6. The number of pyridine rings is 2. The van der Waals surface area contributed by atoms with Crippen molar-refractivity contribution in [2.45, 2.75) is 6.42 Å². The van der Waals surface area contributed by atoms with Crippen LogP contribution in [0.25, 0.3) is 21.8 Å². The highest BCUT2D eigenvalue weighted by atomic mass is 35.5. The number of fused-ring (bicyclic) bond motifs is 2. The van der Waals surface area contributed by atoms with E-state index in [0.29, 0.717) is 61.2 Å². The topological polar surface area (TPSA) is 217 Å². The summed E-state index contributed by atoms with van der Waals surface area (Å²) in [6.45, 7) is -0.486. The van der Waals surface area contributed by atoms with E-state index in [1.54, 1.807) is 44.4 Å². The first kappa shape index (κ1) is 46.1. The lowest BCUT2D eigenvalue weighted by Gasteiger charge is -2.15. The minimum atomic E-state index is -0.377. The van der Waals surface area contributed by atoms with E-state index in [1.807, 2.05) is 6.07 Å². The van der Waals surface area contributed by atoms with Gasteiger partial charge in [0.05, 0.1) is 53.4 Å². The quantitative estimate of drug-likeness (QED) is 0.0933. The van der Waals surface area contributed by atoms with Crippen LogP contribution in [0.1, 0.15) is 11.3 Å². The SMILES string of the molecule is CNC(=O)COc1cc2cc(Cc3nc(Cl)ncc3Cl)cc(OC)c2n(C)c1=O.CNC(=O)COc1cc2cc(N)cc(OC)c2n(C)c1=O.Clc1ncc(Cl)c(Cl)n1. The lowest BCUT2D eigenvalue weighted by molar-refractivity contribution is -0.123. The molecule has 0 unspecified atom stereocenters. The van der Waals surface area contributed by atoms with Gasteiger partial charge in [-0.1, -0.05) is 34.8 Å². The smallest absolute Gasteiger partial charge is 0.293 e. The molecule has 0 aliphatic heterocycles. The first-order chi connectivity index (χ1) is 28.0. The Hall–Kier alpha value is -5.59. The highest BCUT2D eigenvalue weighted by Crippen LogP contribution is 2.31. The predicted octanol–water partition coefficient (Wildman–Crippen LogP) is 5.05. The van der Waals surface area contributed by atoms with Crippen molar-refractivity contribution in [2.24, 2.45) is 14.1 Å². The Kier molecular flexibility index (Phi) is 16.3. The van der Waals surface area contributed by atoms with E-state index in [0.717, 1.165) is 5.56 Å². The molecular formula is C37H36Cl5N9O8. The van der Waals surface area contributed by atoms with Gasteiger partial charge in [0.15, 0.2) is 29.9 Å². The first-order valence-electron chi connectivity index (χ1n) is 16.9. The fraction of sp³-hybridized carbons (Fsp3) is 0.243. The molecule has 312 valence electrons.